The normalized spacial score (nSPS) is 21.8. The van der Waals surface area contributed by atoms with Crippen LogP contribution < -0.4 is 25.4 Å². The number of alkyl halides is 3. The van der Waals surface area contributed by atoms with Gasteiger partial charge in [-0.2, -0.15) is 13.2 Å². The van der Waals surface area contributed by atoms with Gasteiger partial charge >= 0.3 is 6.18 Å². The fourth-order valence-corrected chi connectivity index (χ4v) is 4.78. The summed E-state index contributed by atoms with van der Waals surface area (Å²) < 4.78 is 51.7. The molecule has 1 saturated carbocycles. The van der Waals surface area contributed by atoms with Crippen molar-refractivity contribution in [2.75, 3.05) is 17.3 Å². The quantitative estimate of drug-likeness (QED) is 0.443. The van der Waals surface area contributed by atoms with Crippen molar-refractivity contribution in [3.63, 3.8) is 0 Å². The molecule has 1 aromatic heterocycles. The van der Waals surface area contributed by atoms with Gasteiger partial charge in [-0.1, -0.05) is 12.1 Å². The molecule has 0 spiro atoms. The van der Waals surface area contributed by atoms with E-state index in [9.17, 15) is 18.0 Å². The molecule has 0 saturated heterocycles. The zero-order valence-corrected chi connectivity index (χ0v) is 18.4. The van der Waals surface area contributed by atoms with Crippen molar-refractivity contribution in [3.05, 3.63) is 71.4 Å². The Labute approximate surface area is 198 Å². The van der Waals surface area contributed by atoms with Crippen LogP contribution in [0.1, 0.15) is 29.0 Å². The van der Waals surface area contributed by atoms with Gasteiger partial charge in [-0.15, -0.1) is 0 Å². The SMILES string of the molecule is O=C1CCc2c(Oc3ccc4c(c3)C3C(NCNc5ccccc5C(F)(F)F)C3O4)ccnc2N1. The van der Waals surface area contributed by atoms with Gasteiger partial charge in [0.1, 0.15) is 29.2 Å². The number of benzene rings is 2. The standard InChI is InChI=1S/C25H21F3N4O3/c26-25(27,28)16-3-1-2-4-17(16)30-12-31-22-21-15-11-13(5-7-18(15)35-23(21)22)34-19-9-10-29-24-14(19)6-8-20(33)32-24/h1-5,7,9-11,21-23,30-31H,6,8,12H2,(H,29,32,33). The average molecular weight is 482 g/mol. The van der Waals surface area contributed by atoms with Crippen molar-refractivity contribution in [1.82, 2.24) is 10.3 Å². The number of aromatic nitrogens is 1. The van der Waals surface area contributed by atoms with Crippen LogP contribution in [0.3, 0.4) is 0 Å². The lowest BCUT2D eigenvalue weighted by Crippen LogP contribution is -2.29. The minimum atomic E-state index is -4.42. The minimum Gasteiger partial charge on any atom is -0.488 e. The topological polar surface area (TPSA) is 84.5 Å². The van der Waals surface area contributed by atoms with Gasteiger partial charge in [0, 0.05) is 35.3 Å². The molecule has 0 bridgehead atoms. The van der Waals surface area contributed by atoms with Crippen LogP contribution in [-0.2, 0) is 17.4 Å². The van der Waals surface area contributed by atoms with E-state index >= 15 is 0 Å². The van der Waals surface area contributed by atoms with Crippen molar-refractivity contribution in [1.29, 1.82) is 0 Å². The summed E-state index contributed by atoms with van der Waals surface area (Å²) in [5.74, 6) is 2.62. The first kappa shape index (κ1) is 21.7. The van der Waals surface area contributed by atoms with Crippen molar-refractivity contribution < 1.29 is 27.4 Å². The highest BCUT2D eigenvalue weighted by Crippen LogP contribution is 2.54. The van der Waals surface area contributed by atoms with Crippen LogP contribution in [0.4, 0.5) is 24.7 Å². The van der Waals surface area contributed by atoms with E-state index in [1.54, 1.807) is 18.3 Å². The Morgan fingerprint density at radius 2 is 2.00 bits per heavy atom. The van der Waals surface area contributed by atoms with Crippen molar-refractivity contribution in [3.8, 4) is 17.2 Å². The van der Waals surface area contributed by atoms with E-state index in [-0.39, 0.29) is 36.3 Å². The Hall–Kier alpha value is -3.79. The summed E-state index contributed by atoms with van der Waals surface area (Å²) in [5, 5.41) is 8.85. The third-order valence-electron chi connectivity index (χ3n) is 6.51. The molecule has 2 aliphatic heterocycles. The lowest BCUT2D eigenvalue weighted by molar-refractivity contribution is -0.137. The molecule has 3 unspecified atom stereocenters. The fraction of sp³-hybridized carbons (Fsp3) is 0.280. The Balaban J connectivity index is 1.12. The Morgan fingerprint density at radius 3 is 2.86 bits per heavy atom. The summed E-state index contributed by atoms with van der Waals surface area (Å²) in [5.41, 5.74) is 1.20. The molecule has 1 amide bonds. The van der Waals surface area contributed by atoms with Crippen molar-refractivity contribution in [2.45, 2.75) is 37.1 Å². The summed E-state index contributed by atoms with van der Waals surface area (Å²) in [6.45, 7) is 0.175. The lowest BCUT2D eigenvalue weighted by Gasteiger charge is -2.19. The maximum absolute atomic E-state index is 13.2. The first-order chi connectivity index (χ1) is 16.9. The molecule has 3 N–H and O–H groups in total. The molecule has 180 valence electrons. The number of nitrogens with zero attached hydrogens (tertiary/aromatic N) is 1. The maximum Gasteiger partial charge on any atom is 0.418 e. The van der Waals surface area contributed by atoms with Crippen molar-refractivity contribution in [2.24, 2.45) is 0 Å². The maximum atomic E-state index is 13.2. The number of hydrogen-bond donors (Lipinski definition) is 3. The van der Waals surface area contributed by atoms with Crippen LogP contribution in [0.2, 0.25) is 0 Å². The number of ether oxygens (including phenoxy) is 2. The molecule has 0 radical (unpaired) electrons. The number of para-hydroxylation sites is 1. The Morgan fingerprint density at radius 1 is 1.14 bits per heavy atom. The van der Waals surface area contributed by atoms with Gasteiger partial charge in [0.05, 0.1) is 18.3 Å². The summed E-state index contributed by atoms with van der Waals surface area (Å²) >= 11 is 0. The van der Waals surface area contributed by atoms with Gasteiger partial charge in [0.2, 0.25) is 5.91 Å². The monoisotopic (exact) mass is 482 g/mol. The number of fused-ring (bicyclic) bond motifs is 4. The molecule has 6 rings (SSSR count). The van der Waals surface area contributed by atoms with Crippen LogP contribution in [0.25, 0.3) is 0 Å². The molecule has 3 aliphatic rings. The zero-order chi connectivity index (χ0) is 24.2. The van der Waals surface area contributed by atoms with Crippen molar-refractivity contribution >= 4 is 17.4 Å². The predicted octanol–water partition coefficient (Wildman–Crippen LogP) is 4.66. The summed E-state index contributed by atoms with van der Waals surface area (Å²) in [4.78, 5) is 15.9. The Kier molecular flexibility index (Phi) is 5.06. The predicted molar refractivity (Wildman–Crippen MR) is 122 cm³/mol. The number of nitrogens with one attached hydrogen (secondary N) is 3. The van der Waals surface area contributed by atoms with E-state index in [4.69, 9.17) is 9.47 Å². The number of amides is 1. The molecule has 2 aromatic carbocycles. The van der Waals surface area contributed by atoms with Gasteiger partial charge in [-0.25, -0.2) is 4.98 Å². The van der Waals surface area contributed by atoms with Crippen LogP contribution in [-0.4, -0.2) is 29.7 Å². The van der Waals surface area contributed by atoms with Crippen LogP contribution >= 0.6 is 0 Å². The van der Waals surface area contributed by atoms with Crippen LogP contribution in [0.5, 0.6) is 17.2 Å². The second-order valence-electron chi connectivity index (χ2n) is 8.72. The molecule has 1 aliphatic carbocycles. The zero-order valence-electron chi connectivity index (χ0n) is 18.4. The highest BCUT2D eigenvalue weighted by Gasteiger charge is 2.58. The lowest BCUT2D eigenvalue weighted by atomic mass is 10.1. The largest absolute Gasteiger partial charge is 0.488 e. The number of carbonyl (C=O) groups excluding carboxylic acids is 1. The molecule has 7 nitrogen and oxygen atoms in total. The van der Waals surface area contributed by atoms with E-state index in [1.807, 2.05) is 18.2 Å². The van der Waals surface area contributed by atoms with Gasteiger partial charge in [-0.05, 0) is 42.8 Å². The number of halogens is 3. The van der Waals surface area contributed by atoms with Gasteiger partial charge < -0.3 is 20.1 Å². The third-order valence-corrected chi connectivity index (χ3v) is 6.51. The van der Waals surface area contributed by atoms with Gasteiger partial charge in [0.15, 0.2) is 0 Å². The second-order valence-corrected chi connectivity index (χ2v) is 8.72. The average Bonchev–Trinajstić information content (AvgIpc) is 3.36. The van der Waals surface area contributed by atoms with Crippen LogP contribution in [0, 0.1) is 0 Å². The van der Waals surface area contributed by atoms with Gasteiger partial charge in [0.25, 0.3) is 0 Å². The fourth-order valence-electron chi connectivity index (χ4n) is 4.78. The third kappa shape index (κ3) is 4.03. The number of pyridine rings is 1. The molecule has 3 atom stereocenters. The van der Waals surface area contributed by atoms with E-state index < -0.39 is 11.7 Å². The van der Waals surface area contributed by atoms with E-state index in [2.05, 4.69) is 20.9 Å². The number of anilines is 2. The van der Waals surface area contributed by atoms with Gasteiger partial charge in [-0.3, -0.25) is 10.1 Å². The van der Waals surface area contributed by atoms with E-state index in [0.717, 1.165) is 22.9 Å². The number of rotatable bonds is 6. The summed E-state index contributed by atoms with van der Waals surface area (Å²) in [6, 6.07) is 12.8. The highest BCUT2D eigenvalue weighted by molar-refractivity contribution is 5.93. The summed E-state index contributed by atoms with van der Waals surface area (Å²) in [7, 11) is 0. The Bertz CT molecular complexity index is 1310. The number of hydrogen-bond acceptors (Lipinski definition) is 6. The smallest absolute Gasteiger partial charge is 0.418 e. The molecule has 1 fully saturated rings. The summed E-state index contributed by atoms with van der Waals surface area (Å²) in [6.07, 6.45) is -1.95. The molecule has 10 heteroatoms. The van der Waals surface area contributed by atoms with Crippen LogP contribution in [0.15, 0.2) is 54.7 Å². The molecular weight excluding hydrogens is 461 g/mol. The second kappa shape index (κ2) is 8.16. The number of carbonyl (C=O) groups is 1. The minimum absolute atomic E-state index is 0.00723. The molecule has 3 heterocycles. The first-order valence-corrected chi connectivity index (χ1v) is 11.3. The molecular formula is C25H21F3N4O3. The first-order valence-electron chi connectivity index (χ1n) is 11.3. The molecule has 3 aromatic rings. The van der Waals surface area contributed by atoms with E-state index in [0.29, 0.717) is 30.2 Å². The highest BCUT2D eigenvalue weighted by atomic mass is 19.4. The van der Waals surface area contributed by atoms with E-state index in [1.165, 1.54) is 12.1 Å². The molecule has 35 heavy (non-hydrogen) atoms.